The predicted octanol–water partition coefficient (Wildman–Crippen LogP) is 4.33. The highest BCUT2D eigenvalue weighted by atomic mass is 19.1. The van der Waals surface area contributed by atoms with Crippen molar-refractivity contribution in [1.29, 1.82) is 0 Å². The summed E-state index contributed by atoms with van der Waals surface area (Å²) in [7, 11) is 0. The van der Waals surface area contributed by atoms with Crippen molar-refractivity contribution in [3.05, 3.63) is 90.2 Å². The van der Waals surface area contributed by atoms with Crippen molar-refractivity contribution in [2.45, 2.75) is 6.42 Å². The number of hydrogen-bond acceptors (Lipinski definition) is 4. The molecule has 6 heteroatoms. The van der Waals surface area contributed by atoms with Gasteiger partial charge in [0.15, 0.2) is 5.82 Å². The van der Waals surface area contributed by atoms with E-state index in [4.69, 9.17) is 0 Å². The number of benzene rings is 3. The van der Waals surface area contributed by atoms with Crippen molar-refractivity contribution < 1.29 is 9.18 Å². The van der Waals surface area contributed by atoms with Crippen LogP contribution in [0.15, 0.2) is 78.9 Å². The number of nitrogens with zero attached hydrogens (tertiary/aromatic N) is 4. The SMILES string of the molecule is O=C(Cc1cccc2ccccc12)N1CCN(c2ccc(-c3ccc(F)cc3)nn2)CC1. The van der Waals surface area contributed by atoms with Crippen LogP contribution in [0.3, 0.4) is 0 Å². The highest BCUT2D eigenvalue weighted by molar-refractivity contribution is 5.90. The molecule has 0 atom stereocenters. The molecule has 0 N–H and O–H groups in total. The number of fused-ring (bicyclic) bond motifs is 1. The number of rotatable bonds is 4. The van der Waals surface area contributed by atoms with E-state index in [9.17, 15) is 9.18 Å². The molecule has 5 rings (SSSR count). The van der Waals surface area contributed by atoms with Gasteiger partial charge in [-0.3, -0.25) is 4.79 Å². The summed E-state index contributed by atoms with van der Waals surface area (Å²) < 4.78 is 13.1. The Kier molecular flexibility index (Phi) is 5.50. The van der Waals surface area contributed by atoms with E-state index in [0.717, 1.165) is 27.7 Å². The van der Waals surface area contributed by atoms with Gasteiger partial charge in [-0.05, 0) is 52.7 Å². The molecule has 1 aliphatic heterocycles. The number of carbonyl (C=O) groups excluding carboxylic acids is 1. The maximum Gasteiger partial charge on any atom is 0.227 e. The molecule has 1 aliphatic rings. The van der Waals surface area contributed by atoms with E-state index in [-0.39, 0.29) is 11.7 Å². The number of amides is 1. The summed E-state index contributed by atoms with van der Waals surface area (Å²) in [6.45, 7) is 2.74. The molecule has 0 aliphatic carbocycles. The van der Waals surface area contributed by atoms with E-state index in [1.165, 1.54) is 12.1 Å². The fourth-order valence-corrected chi connectivity index (χ4v) is 4.17. The first-order chi connectivity index (χ1) is 15.7. The molecular formula is C26H23FN4O. The van der Waals surface area contributed by atoms with Gasteiger partial charge in [0.05, 0.1) is 12.1 Å². The molecule has 3 aromatic carbocycles. The Bertz CT molecular complexity index is 1230. The molecule has 0 saturated carbocycles. The molecule has 5 nitrogen and oxygen atoms in total. The van der Waals surface area contributed by atoms with Gasteiger partial charge in [-0.25, -0.2) is 4.39 Å². The first kappa shape index (κ1) is 20.1. The van der Waals surface area contributed by atoms with E-state index in [2.05, 4.69) is 33.3 Å². The molecule has 0 unspecified atom stereocenters. The van der Waals surface area contributed by atoms with Crippen LogP contribution in [0.5, 0.6) is 0 Å². The Morgan fingerprint density at radius 3 is 2.31 bits per heavy atom. The lowest BCUT2D eigenvalue weighted by Gasteiger charge is -2.35. The van der Waals surface area contributed by atoms with E-state index in [0.29, 0.717) is 38.3 Å². The van der Waals surface area contributed by atoms with Gasteiger partial charge < -0.3 is 9.80 Å². The lowest BCUT2D eigenvalue weighted by atomic mass is 10.0. The molecule has 160 valence electrons. The first-order valence-corrected chi connectivity index (χ1v) is 10.8. The van der Waals surface area contributed by atoms with Gasteiger partial charge in [0.2, 0.25) is 5.91 Å². The Morgan fingerprint density at radius 1 is 0.812 bits per heavy atom. The van der Waals surface area contributed by atoms with Crippen molar-refractivity contribution in [1.82, 2.24) is 15.1 Å². The van der Waals surface area contributed by atoms with Gasteiger partial charge in [0.1, 0.15) is 5.82 Å². The number of aromatic nitrogens is 2. The maximum atomic E-state index is 13.1. The normalized spacial score (nSPS) is 14.0. The van der Waals surface area contributed by atoms with E-state index in [1.807, 2.05) is 41.3 Å². The van der Waals surface area contributed by atoms with E-state index in [1.54, 1.807) is 12.1 Å². The molecule has 0 spiro atoms. The Labute approximate surface area is 186 Å². The summed E-state index contributed by atoms with van der Waals surface area (Å²) >= 11 is 0. The standard InChI is InChI=1S/C26H23FN4O/c27-22-10-8-20(9-11-22)24-12-13-25(29-28-24)30-14-16-31(17-15-30)26(32)18-21-6-3-5-19-4-1-2-7-23(19)21/h1-13H,14-18H2. The van der Waals surface area contributed by atoms with Gasteiger partial charge >= 0.3 is 0 Å². The third kappa shape index (κ3) is 4.17. The number of hydrogen-bond donors (Lipinski definition) is 0. The van der Waals surface area contributed by atoms with Crippen molar-refractivity contribution in [2.75, 3.05) is 31.1 Å². The molecule has 1 fully saturated rings. The lowest BCUT2D eigenvalue weighted by molar-refractivity contribution is -0.130. The topological polar surface area (TPSA) is 49.3 Å². The Balaban J connectivity index is 1.21. The van der Waals surface area contributed by atoms with Crippen LogP contribution in [-0.2, 0) is 11.2 Å². The summed E-state index contributed by atoms with van der Waals surface area (Å²) in [6.07, 6.45) is 0.410. The summed E-state index contributed by atoms with van der Waals surface area (Å²) in [5.74, 6) is 0.668. The van der Waals surface area contributed by atoms with E-state index >= 15 is 0 Å². The molecular weight excluding hydrogens is 403 g/mol. The molecule has 2 heterocycles. The highest BCUT2D eigenvalue weighted by Crippen LogP contribution is 2.22. The molecule has 32 heavy (non-hydrogen) atoms. The average Bonchev–Trinajstić information content (AvgIpc) is 2.85. The maximum absolute atomic E-state index is 13.1. The molecule has 4 aromatic rings. The minimum atomic E-state index is -0.272. The summed E-state index contributed by atoms with van der Waals surface area (Å²) in [5.41, 5.74) is 2.60. The van der Waals surface area contributed by atoms with Crippen molar-refractivity contribution in [3.63, 3.8) is 0 Å². The van der Waals surface area contributed by atoms with Crippen molar-refractivity contribution >= 4 is 22.5 Å². The van der Waals surface area contributed by atoms with Gasteiger partial charge in [-0.15, -0.1) is 10.2 Å². The summed E-state index contributed by atoms with van der Waals surface area (Å²) in [5, 5.41) is 10.9. The zero-order chi connectivity index (χ0) is 21.9. The minimum Gasteiger partial charge on any atom is -0.352 e. The molecule has 1 saturated heterocycles. The first-order valence-electron chi connectivity index (χ1n) is 10.8. The predicted molar refractivity (Wildman–Crippen MR) is 124 cm³/mol. The van der Waals surface area contributed by atoms with Crippen molar-refractivity contribution in [3.8, 4) is 11.3 Å². The zero-order valence-corrected chi connectivity index (χ0v) is 17.6. The zero-order valence-electron chi connectivity index (χ0n) is 17.6. The molecule has 1 amide bonds. The highest BCUT2D eigenvalue weighted by Gasteiger charge is 2.22. The molecule has 0 radical (unpaired) electrons. The molecule has 1 aromatic heterocycles. The van der Waals surface area contributed by atoms with Crippen molar-refractivity contribution in [2.24, 2.45) is 0 Å². The van der Waals surface area contributed by atoms with Crippen LogP contribution in [0.1, 0.15) is 5.56 Å². The summed E-state index contributed by atoms with van der Waals surface area (Å²) in [6, 6.07) is 24.3. The van der Waals surface area contributed by atoms with Crippen LogP contribution < -0.4 is 4.90 Å². The van der Waals surface area contributed by atoms with Crippen LogP contribution >= 0.6 is 0 Å². The molecule has 0 bridgehead atoms. The van der Waals surface area contributed by atoms with Gasteiger partial charge in [-0.1, -0.05) is 42.5 Å². The number of halogens is 1. The van der Waals surface area contributed by atoms with Crippen LogP contribution in [0, 0.1) is 5.82 Å². The lowest BCUT2D eigenvalue weighted by Crippen LogP contribution is -2.49. The summed E-state index contributed by atoms with van der Waals surface area (Å²) in [4.78, 5) is 17.0. The number of carbonyl (C=O) groups is 1. The van der Waals surface area contributed by atoms with E-state index < -0.39 is 0 Å². The van der Waals surface area contributed by atoms with Crippen LogP contribution in [0.2, 0.25) is 0 Å². The fourth-order valence-electron chi connectivity index (χ4n) is 4.17. The Morgan fingerprint density at radius 2 is 1.56 bits per heavy atom. The fraction of sp³-hybridized carbons (Fsp3) is 0.192. The second-order valence-electron chi connectivity index (χ2n) is 7.97. The largest absolute Gasteiger partial charge is 0.352 e. The monoisotopic (exact) mass is 426 g/mol. The number of anilines is 1. The third-order valence-electron chi connectivity index (χ3n) is 5.97. The minimum absolute atomic E-state index is 0.152. The van der Waals surface area contributed by atoms with Gasteiger partial charge in [-0.2, -0.15) is 0 Å². The quantitative estimate of drug-likeness (QED) is 0.488. The second-order valence-corrected chi connectivity index (χ2v) is 7.97. The second kappa shape index (κ2) is 8.75. The van der Waals surface area contributed by atoms with Crippen LogP contribution in [-0.4, -0.2) is 47.2 Å². The third-order valence-corrected chi connectivity index (χ3v) is 5.97. The van der Waals surface area contributed by atoms with Gasteiger partial charge in [0.25, 0.3) is 0 Å². The van der Waals surface area contributed by atoms with Crippen LogP contribution in [0.25, 0.3) is 22.0 Å². The average molecular weight is 426 g/mol. The Hall–Kier alpha value is -3.80. The van der Waals surface area contributed by atoms with Gasteiger partial charge in [0, 0.05) is 31.7 Å². The smallest absolute Gasteiger partial charge is 0.227 e. The number of piperazine rings is 1. The van der Waals surface area contributed by atoms with Crippen LogP contribution in [0.4, 0.5) is 10.2 Å².